The van der Waals surface area contributed by atoms with Crippen LogP contribution in [0.2, 0.25) is 0 Å². The summed E-state index contributed by atoms with van der Waals surface area (Å²) in [5.41, 5.74) is 5.47. The fraction of sp³-hybridized carbons (Fsp3) is 0.909. The van der Waals surface area contributed by atoms with Gasteiger partial charge in [-0.15, -0.1) is 0 Å². The summed E-state index contributed by atoms with van der Waals surface area (Å²) in [6.07, 6.45) is 1.57. The minimum atomic E-state index is 0.104. The van der Waals surface area contributed by atoms with Crippen LogP contribution in [0.3, 0.4) is 0 Å². The Kier molecular flexibility index (Phi) is 5.05. The third-order valence-corrected chi connectivity index (χ3v) is 3.00. The zero-order valence-electron chi connectivity index (χ0n) is 9.66. The van der Waals surface area contributed by atoms with Gasteiger partial charge in [0.1, 0.15) is 0 Å². The SMILES string of the molecule is CC(CN)CC(=O)NC(C)C1CCOC1. The maximum Gasteiger partial charge on any atom is 0.220 e. The van der Waals surface area contributed by atoms with Crippen molar-refractivity contribution in [2.75, 3.05) is 19.8 Å². The molecule has 88 valence electrons. The number of hydrogen-bond acceptors (Lipinski definition) is 3. The van der Waals surface area contributed by atoms with E-state index in [0.717, 1.165) is 19.6 Å². The first-order valence-corrected chi connectivity index (χ1v) is 5.70. The highest BCUT2D eigenvalue weighted by atomic mass is 16.5. The molecule has 0 aromatic rings. The van der Waals surface area contributed by atoms with Gasteiger partial charge in [0.2, 0.25) is 5.91 Å². The molecule has 4 nitrogen and oxygen atoms in total. The third-order valence-electron chi connectivity index (χ3n) is 3.00. The summed E-state index contributed by atoms with van der Waals surface area (Å²) < 4.78 is 5.29. The molecule has 1 aliphatic heterocycles. The second-order valence-electron chi connectivity index (χ2n) is 4.52. The van der Waals surface area contributed by atoms with E-state index in [1.54, 1.807) is 0 Å². The summed E-state index contributed by atoms with van der Waals surface area (Å²) in [6.45, 7) is 6.19. The van der Waals surface area contributed by atoms with E-state index >= 15 is 0 Å². The van der Waals surface area contributed by atoms with Crippen molar-refractivity contribution in [2.24, 2.45) is 17.6 Å². The maximum absolute atomic E-state index is 11.6. The van der Waals surface area contributed by atoms with E-state index in [1.807, 2.05) is 13.8 Å². The highest BCUT2D eigenvalue weighted by molar-refractivity contribution is 5.76. The second kappa shape index (κ2) is 6.08. The van der Waals surface area contributed by atoms with Crippen LogP contribution in [0.25, 0.3) is 0 Å². The lowest BCUT2D eigenvalue weighted by Crippen LogP contribution is -2.39. The van der Waals surface area contributed by atoms with Crippen LogP contribution in [0, 0.1) is 11.8 Å². The zero-order valence-corrected chi connectivity index (χ0v) is 9.66. The summed E-state index contributed by atoms with van der Waals surface area (Å²) in [4.78, 5) is 11.6. The summed E-state index contributed by atoms with van der Waals surface area (Å²) in [6, 6.07) is 0.213. The number of hydrogen-bond donors (Lipinski definition) is 2. The van der Waals surface area contributed by atoms with Crippen LogP contribution in [0.1, 0.15) is 26.7 Å². The van der Waals surface area contributed by atoms with Crippen molar-refractivity contribution in [1.82, 2.24) is 5.32 Å². The fourth-order valence-electron chi connectivity index (χ4n) is 1.78. The summed E-state index contributed by atoms with van der Waals surface area (Å²) in [7, 11) is 0. The van der Waals surface area contributed by atoms with Crippen LogP contribution in [-0.2, 0) is 9.53 Å². The molecule has 0 aliphatic carbocycles. The standard InChI is InChI=1S/C11H22N2O2/c1-8(6-12)5-11(14)13-9(2)10-3-4-15-7-10/h8-10H,3-7,12H2,1-2H3,(H,13,14). The minimum absolute atomic E-state index is 0.104. The lowest BCUT2D eigenvalue weighted by atomic mass is 10.00. The van der Waals surface area contributed by atoms with Crippen molar-refractivity contribution in [2.45, 2.75) is 32.7 Å². The Labute approximate surface area is 91.5 Å². The molecule has 3 atom stereocenters. The van der Waals surface area contributed by atoms with Crippen molar-refractivity contribution in [3.05, 3.63) is 0 Å². The van der Waals surface area contributed by atoms with Gasteiger partial charge >= 0.3 is 0 Å². The number of rotatable bonds is 5. The summed E-state index contributed by atoms with van der Waals surface area (Å²) in [5.74, 6) is 0.839. The average Bonchev–Trinajstić information content (AvgIpc) is 2.70. The molecule has 0 aromatic carbocycles. The van der Waals surface area contributed by atoms with Gasteiger partial charge in [-0.3, -0.25) is 4.79 Å². The quantitative estimate of drug-likeness (QED) is 0.701. The molecule has 0 saturated carbocycles. The number of ether oxygens (including phenoxy) is 1. The van der Waals surface area contributed by atoms with Crippen LogP contribution < -0.4 is 11.1 Å². The average molecular weight is 214 g/mol. The first-order chi connectivity index (χ1) is 7.13. The lowest BCUT2D eigenvalue weighted by Gasteiger charge is -2.20. The highest BCUT2D eigenvalue weighted by Crippen LogP contribution is 2.16. The molecular weight excluding hydrogens is 192 g/mol. The molecule has 0 bridgehead atoms. The molecule has 1 amide bonds. The Bertz CT molecular complexity index is 203. The van der Waals surface area contributed by atoms with Crippen LogP contribution in [0.5, 0.6) is 0 Å². The smallest absolute Gasteiger partial charge is 0.220 e. The number of carbonyl (C=O) groups excluding carboxylic acids is 1. The maximum atomic E-state index is 11.6. The van der Waals surface area contributed by atoms with Gasteiger partial charge < -0.3 is 15.8 Å². The molecule has 3 N–H and O–H groups in total. The minimum Gasteiger partial charge on any atom is -0.381 e. The normalized spacial score (nSPS) is 24.9. The van der Waals surface area contributed by atoms with Gasteiger partial charge in [-0.1, -0.05) is 6.92 Å². The van der Waals surface area contributed by atoms with Gasteiger partial charge in [-0.05, 0) is 25.8 Å². The van der Waals surface area contributed by atoms with Crippen molar-refractivity contribution in [3.8, 4) is 0 Å². The van der Waals surface area contributed by atoms with Crippen LogP contribution in [-0.4, -0.2) is 31.7 Å². The third kappa shape index (κ3) is 4.18. The van der Waals surface area contributed by atoms with Crippen molar-refractivity contribution < 1.29 is 9.53 Å². The molecule has 1 saturated heterocycles. The van der Waals surface area contributed by atoms with E-state index in [9.17, 15) is 4.79 Å². The summed E-state index contributed by atoms with van der Waals surface area (Å²) >= 11 is 0. The topological polar surface area (TPSA) is 64.4 Å². The predicted molar refractivity (Wildman–Crippen MR) is 59.4 cm³/mol. The lowest BCUT2D eigenvalue weighted by molar-refractivity contribution is -0.122. The van der Waals surface area contributed by atoms with Gasteiger partial charge in [-0.25, -0.2) is 0 Å². The molecule has 0 aromatic heterocycles. The Hall–Kier alpha value is -0.610. The van der Waals surface area contributed by atoms with E-state index in [2.05, 4.69) is 5.32 Å². The predicted octanol–water partition coefficient (Wildman–Crippen LogP) is 0.513. The molecule has 0 spiro atoms. The molecule has 3 unspecified atom stereocenters. The number of amides is 1. The number of nitrogens with two attached hydrogens (primary N) is 1. The van der Waals surface area contributed by atoms with Crippen molar-refractivity contribution in [1.29, 1.82) is 0 Å². The van der Waals surface area contributed by atoms with Crippen molar-refractivity contribution in [3.63, 3.8) is 0 Å². The Morgan fingerprint density at radius 1 is 1.60 bits per heavy atom. The van der Waals surface area contributed by atoms with Gasteiger partial charge in [0, 0.05) is 25.0 Å². The zero-order chi connectivity index (χ0) is 11.3. The van der Waals surface area contributed by atoms with Crippen LogP contribution in [0.15, 0.2) is 0 Å². The molecule has 1 heterocycles. The Morgan fingerprint density at radius 2 is 2.33 bits per heavy atom. The molecule has 4 heteroatoms. The fourth-order valence-corrected chi connectivity index (χ4v) is 1.78. The first kappa shape index (κ1) is 12.5. The van der Waals surface area contributed by atoms with Gasteiger partial charge in [0.05, 0.1) is 6.61 Å². The molecule has 0 radical (unpaired) electrons. The Morgan fingerprint density at radius 3 is 2.87 bits per heavy atom. The molecule has 1 rings (SSSR count). The summed E-state index contributed by atoms with van der Waals surface area (Å²) in [5, 5.41) is 3.01. The van der Waals surface area contributed by atoms with E-state index < -0.39 is 0 Å². The van der Waals surface area contributed by atoms with Gasteiger partial charge in [0.25, 0.3) is 0 Å². The Balaban J connectivity index is 2.24. The van der Waals surface area contributed by atoms with E-state index in [0.29, 0.717) is 18.9 Å². The van der Waals surface area contributed by atoms with E-state index in [1.165, 1.54) is 0 Å². The largest absolute Gasteiger partial charge is 0.381 e. The van der Waals surface area contributed by atoms with Crippen LogP contribution in [0.4, 0.5) is 0 Å². The molecular formula is C11H22N2O2. The van der Waals surface area contributed by atoms with Gasteiger partial charge in [0.15, 0.2) is 0 Å². The van der Waals surface area contributed by atoms with Gasteiger partial charge in [-0.2, -0.15) is 0 Å². The van der Waals surface area contributed by atoms with Crippen LogP contribution >= 0.6 is 0 Å². The number of carbonyl (C=O) groups is 1. The molecule has 1 fully saturated rings. The van der Waals surface area contributed by atoms with Crippen molar-refractivity contribution >= 4 is 5.91 Å². The first-order valence-electron chi connectivity index (χ1n) is 5.70. The molecule has 15 heavy (non-hydrogen) atoms. The van der Waals surface area contributed by atoms with E-state index in [4.69, 9.17) is 10.5 Å². The second-order valence-corrected chi connectivity index (χ2v) is 4.52. The monoisotopic (exact) mass is 214 g/mol. The van der Waals surface area contributed by atoms with E-state index in [-0.39, 0.29) is 17.9 Å². The molecule has 1 aliphatic rings. The highest BCUT2D eigenvalue weighted by Gasteiger charge is 2.23. The number of nitrogens with one attached hydrogen (secondary N) is 1.